The second kappa shape index (κ2) is 5.71. The highest BCUT2D eigenvalue weighted by Crippen LogP contribution is 2.20. The highest BCUT2D eigenvalue weighted by Gasteiger charge is 2.37. The summed E-state index contributed by atoms with van der Waals surface area (Å²) in [5.41, 5.74) is 0. The molecule has 0 radical (unpaired) electrons. The Labute approximate surface area is 124 Å². The fourth-order valence-corrected chi connectivity index (χ4v) is 2.85. The van der Waals surface area contributed by atoms with Gasteiger partial charge in [0, 0.05) is 52.4 Å². The lowest BCUT2D eigenvalue weighted by Gasteiger charge is -2.42. The van der Waals surface area contributed by atoms with Crippen LogP contribution >= 0.6 is 0 Å². The first-order chi connectivity index (χ1) is 10.1. The predicted molar refractivity (Wildman–Crippen MR) is 78.8 cm³/mol. The normalized spacial score (nSPS) is 19.4. The van der Waals surface area contributed by atoms with E-state index in [1.54, 1.807) is 18.0 Å². The third-order valence-electron chi connectivity index (χ3n) is 4.24. The molecule has 0 N–H and O–H groups in total. The van der Waals surface area contributed by atoms with E-state index in [0.717, 1.165) is 32.0 Å². The summed E-state index contributed by atoms with van der Waals surface area (Å²) < 4.78 is 0. The Balaban J connectivity index is 1.50. The molecule has 0 unspecified atom stereocenters. The van der Waals surface area contributed by atoms with Crippen molar-refractivity contribution < 1.29 is 9.59 Å². The molecule has 3 heterocycles. The summed E-state index contributed by atoms with van der Waals surface area (Å²) >= 11 is 0. The van der Waals surface area contributed by atoms with Gasteiger partial charge in [0.2, 0.25) is 11.8 Å². The fourth-order valence-electron chi connectivity index (χ4n) is 2.85. The SMILES string of the molecule is CC(=O)N1CC(C(=O)N2CCN(c3ccccn3)CC2)C1. The molecule has 6 nitrogen and oxygen atoms in total. The number of nitrogens with zero attached hydrogens (tertiary/aromatic N) is 4. The third-order valence-corrected chi connectivity index (χ3v) is 4.24. The van der Waals surface area contributed by atoms with Crippen LogP contribution in [0.25, 0.3) is 0 Å². The number of piperazine rings is 1. The van der Waals surface area contributed by atoms with Gasteiger partial charge in [-0.15, -0.1) is 0 Å². The topological polar surface area (TPSA) is 56.8 Å². The Hall–Kier alpha value is -2.11. The third kappa shape index (κ3) is 2.84. The lowest BCUT2D eigenvalue weighted by Crippen LogP contribution is -2.58. The molecule has 2 aliphatic heterocycles. The summed E-state index contributed by atoms with van der Waals surface area (Å²) in [6.07, 6.45) is 1.79. The monoisotopic (exact) mass is 288 g/mol. The fraction of sp³-hybridized carbons (Fsp3) is 0.533. The van der Waals surface area contributed by atoms with Crippen LogP contribution in [0.3, 0.4) is 0 Å². The summed E-state index contributed by atoms with van der Waals surface area (Å²) in [7, 11) is 0. The van der Waals surface area contributed by atoms with Gasteiger partial charge in [-0.1, -0.05) is 6.07 Å². The first-order valence-electron chi connectivity index (χ1n) is 7.35. The summed E-state index contributed by atoms with van der Waals surface area (Å²) in [6, 6.07) is 5.87. The second-order valence-electron chi connectivity index (χ2n) is 5.62. The van der Waals surface area contributed by atoms with Crippen LogP contribution < -0.4 is 4.90 Å². The van der Waals surface area contributed by atoms with E-state index >= 15 is 0 Å². The number of pyridine rings is 1. The van der Waals surface area contributed by atoms with Crippen molar-refractivity contribution in [1.82, 2.24) is 14.8 Å². The Morgan fingerprint density at radius 3 is 2.38 bits per heavy atom. The standard InChI is InChI=1S/C15H20N4O2/c1-12(20)19-10-13(11-19)15(21)18-8-6-17(7-9-18)14-4-2-3-5-16-14/h2-5,13H,6-11H2,1H3. The van der Waals surface area contributed by atoms with Crippen LogP contribution in [0.1, 0.15) is 6.92 Å². The Morgan fingerprint density at radius 1 is 1.10 bits per heavy atom. The number of amides is 2. The lowest BCUT2D eigenvalue weighted by molar-refractivity contribution is -0.147. The van der Waals surface area contributed by atoms with Crippen LogP contribution in [0.4, 0.5) is 5.82 Å². The van der Waals surface area contributed by atoms with E-state index in [2.05, 4.69) is 9.88 Å². The van der Waals surface area contributed by atoms with Gasteiger partial charge in [0.1, 0.15) is 5.82 Å². The zero-order valence-electron chi connectivity index (χ0n) is 12.2. The largest absolute Gasteiger partial charge is 0.353 e. The van der Waals surface area contributed by atoms with E-state index in [1.165, 1.54) is 0 Å². The molecule has 1 aromatic rings. The molecule has 0 aromatic carbocycles. The van der Waals surface area contributed by atoms with Gasteiger partial charge >= 0.3 is 0 Å². The quantitative estimate of drug-likeness (QED) is 0.780. The van der Waals surface area contributed by atoms with Crippen molar-refractivity contribution in [2.45, 2.75) is 6.92 Å². The zero-order valence-corrected chi connectivity index (χ0v) is 12.2. The average molecular weight is 288 g/mol. The second-order valence-corrected chi connectivity index (χ2v) is 5.62. The Morgan fingerprint density at radius 2 is 1.81 bits per heavy atom. The molecule has 2 amide bonds. The summed E-state index contributed by atoms with van der Waals surface area (Å²) in [4.78, 5) is 33.7. The van der Waals surface area contributed by atoms with Crippen molar-refractivity contribution in [2.75, 3.05) is 44.2 Å². The van der Waals surface area contributed by atoms with E-state index in [0.29, 0.717) is 13.1 Å². The lowest BCUT2D eigenvalue weighted by atomic mass is 9.98. The molecule has 0 atom stereocenters. The maximum absolute atomic E-state index is 12.3. The van der Waals surface area contributed by atoms with Gasteiger partial charge in [-0.2, -0.15) is 0 Å². The smallest absolute Gasteiger partial charge is 0.229 e. The molecular formula is C15H20N4O2. The van der Waals surface area contributed by atoms with Gasteiger partial charge in [0.05, 0.1) is 5.92 Å². The Kier molecular flexibility index (Phi) is 3.77. The molecule has 1 aromatic heterocycles. The van der Waals surface area contributed by atoms with Gasteiger partial charge in [-0.3, -0.25) is 9.59 Å². The van der Waals surface area contributed by atoms with Crippen molar-refractivity contribution in [3.8, 4) is 0 Å². The molecule has 112 valence electrons. The van der Waals surface area contributed by atoms with Gasteiger partial charge in [-0.25, -0.2) is 4.98 Å². The molecule has 0 saturated carbocycles. The van der Waals surface area contributed by atoms with Crippen molar-refractivity contribution in [3.63, 3.8) is 0 Å². The molecule has 0 aliphatic carbocycles. The van der Waals surface area contributed by atoms with E-state index in [4.69, 9.17) is 0 Å². The molecule has 2 aliphatic rings. The van der Waals surface area contributed by atoms with Crippen molar-refractivity contribution in [3.05, 3.63) is 24.4 Å². The van der Waals surface area contributed by atoms with Crippen LogP contribution in [0.15, 0.2) is 24.4 Å². The zero-order chi connectivity index (χ0) is 14.8. The summed E-state index contributed by atoms with van der Waals surface area (Å²) in [5.74, 6) is 1.21. The molecule has 0 spiro atoms. The maximum Gasteiger partial charge on any atom is 0.229 e. The van der Waals surface area contributed by atoms with E-state index in [-0.39, 0.29) is 17.7 Å². The number of carbonyl (C=O) groups excluding carboxylic acids is 2. The summed E-state index contributed by atoms with van der Waals surface area (Å²) in [5, 5.41) is 0. The highest BCUT2D eigenvalue weighted by atomic mass is 16.2. The molecule has 21 heavy (non-hydrogen) atoms. The van der Waals surface area contributed by atoms with Crippen LogP contribution in [-0.2, 0) is 9.59 Å². The number of hydrogen-bond acceptors (Lipinski definition) is 4. The molecule has 0 bridgehead atoms. The number of hydrogen-bond donors (Lipinski definition) is 0. The number of carbonyl (C=O) groups is 2. The molecule has 2 saturated heterocycles. The van der Waals surface area contributed by atoms with E-state index in [9.17, 15) is 9.59 Å². The van der Waals surface area contributed by atoms with Crippen LogP contribution in [0.2, 0.25) is 0 Å². The minimum atomic E-state index is -0.00435. The average Bonchev–Trinajstić information content (AvgIpc) is 2.46. The van der Waals surface area contributed by atoms with Crippen molar-refractivity contribution in [1.29, 1.82) is 0 Å². The first-order valence-corrected chi connectivity index (χ1v) is 7.35. The summed E-state index contributed by atoms with van der Waals surface area (Å²) in [6.45, 7) is 5.78. The van der Waals surface area contributed by atoms with E-state index in [1.807, 2.05) is 23.1 Å². The first kappa shape index (κ1) is 13.9. The van der Waals surface area contributed by atoms with Crippen molar-refractivity contribution >= 4 is 17.6 Å². The van der Waals surface area contributed by atoms with Crippen LogP contribution in [-0.4, -0.2) is 65.9 Å². The predicted octanol–water partition coefficient (Wildman–Crippen LogP) is 0.208. The van der Waals surface area contributed by atoms with Crippen LogP contribution in [0.5, 0.6) is 0 Å². The van der Waals surface area contributed by atoms with Gasteiger partial charge < -0.3 is 14.7 Å². The molecule has 2 fully saturated rings. The van der Waals surface area contributed by atoms with Gasteiger partial charge in [0.15, 0.2) is 0 Å². The minimum Gasteiger partial charge on any atom is -0.353 e. The van der Waals surface area contributed by atoms with E-state index < -0.39 is 0 Å². The van der Waals surface area contributed by atoms with Gasteiger partial charge in [0.25, 0.3) is 0 Å². The number of likely N-dealkylation sites (tertiary alicyclic amines) is 1. The highest BCUT2D eigenvalue weighted by molar-refractivity contribution is 5.84. The molecule has 3 rings (SSSR count). The number of anilines is 1. The minimum absolute atomic E-state index is 0.00435. The maximum atomic E-state index is 12.3. The molecular weight excluding hydrogens is 268 g/mol. The van der Waals surface area contributed by atoms with Gasteiger partial charge in [-0.05, 0) is 12.1 Å². The number of aromatic nitrogens is 1. The Bertz CT molecular complexity index is 520. The van der Waals surface area contributed by atoms with Crippen LogP contribution in [0, 0.1) is 5.92 Å². The molecule has 6 heteroatoms. The van der Waals surface area contributed by atoms with Crippen molar-refractivity contribution in [2.24, 2.45) is 5.92 Å². The number of rotatable bonds is 2.